The Hall–Kier alpha value is -2.67. The molecule has 0 aliphatic carbocycles. The minimum absolute atomic E-state index is 0.167. The van der Waals surface area contributed by atoms with Gasteiger partial charge in [-0.15, -0.1) is 10.2 Å². The fourth-order valence-electron chi connectivity index (χ4n) is 3.07. The highest BCUT2D eigenvalue weighted by atomic mass is 16.5. The smallest absolute Gasteiger partial charge is 0.251 e. The molecule has 0 radical (unpaired) electrons. The van der Waals surface area contributed by atoms with E-state index in [1.165, 1.54) is 0 Å². The highest BCUT2D eigenvalue weighted by Gasteiger charge is 2.23. The molecule has 1 fully saturated rings. The van der Waals surface area contributed by atoms with Gasteiger partial charge in [-0.1, -0.05) is 17.3 Å². The molecular weight excluding hydrogens is 334 g/mol. The molecule has 0 amide bonds. The van der Waals surface area contributed by atoms with Gasteiger partial charge in [0.1, 0.15) is 18.1 Å². The minimum atomic E-state index is 0.167. The van der Waals surface area contributed by atoms with E-state index in [9.17, 15) is 0 Å². The van der Waals surface area contributed by atoms with Crippen molar-refractivity contribution in [1.82, 2.24) is 15.4 Å². The van der Waals surface area contributed by atoms with Crippen molar-refractivity contribution >= 4 is 0 Å². The van der Waals surface area contributed by atoms with Crippen LogP contribution in [0.15, 0.2) is 33.2 Å². The molecule has 7 heteroatoms. The van der Waals surface area contributed by atoms with E-state index in [0.717, 1.165) is 42.0 Å². The predicted molar refractivity (Wildman–Crippen MR) is 92.8 cm³/mol. The number of hydrogen-bond acceptors (Lipinski definition) is 7. The van der Waals surface area contributed by atoms with Crippen molar-refractivity contribution in [1.29, 1.82) is 0 Å². The Morgan fingerprint density at radius 2 is 2.08 bits per heavy atom. The van der Waals surface area contributed by atoms with Gasteiger partial charge in [0.2, 0.25) is 5.89 Å². The Morgan fingerprint density at radius 1 is 1.19 bits per heavy atom. The Kier molecular flexibility index (Phi) is 4.71. The molecular formula is C19H21N3O4. The maximum absolute atomic E-state index is 6.00. The van der Waals surface area contributed by atoms with Crippen molar-refractivity contribution < 1.29 is 18.4 Å². The van der Waals surface area contributed by atoms with Crippen LogP contribution in [-0.4, -0.2) is 28.6 Å². The molecule has 1 aliphatic heterocycles. The monoisotopic (exact) mass is 355 g/mol. The highest BCUT2D eigenvalue weighted by Crippen LogP contribution is 2.32. The van der Waals surface area contributed by atoms with Gasteiger partial charge in [-0.3, -0.25) is 0 Å². The SMILES string of the molecule is Cc1noc(C)c1COc1ccccc1-c1nnc(C2CCCOC2)o1. The Bertz CT molecular complexity index is 861. The van der Waals surface area contributed by atoms with Crippen LogP contribution >= 0.6 is 0 Å². The third-order valence-electron chi connectivity index (χ3n) is 4.62. The largest absolute Gasteiger partial charge is 0.488 e. The molecule has 2 aromatic heterocycles. The molecule has 7 nitrogen and oxygen atoms in total. The van der Waals surface area contributed by atoms with Gasteiger partial charge in [-0.05, 0) is 38.8 Å². The summed E-state index contributed by atoms with van der Waals surface area (Å²) in [4.78, 5) is 0. The first kappa shape index (κ1) is 16.8. The molecule has 136 valence electrons. The molecule has 0 saturated carbocycles. The van der Waals surface area contributed by atoms with E-state index in [2.05, 4.69) is 15.4 Å². The molecule has 0 N–H and O–H groups in total. The number of para-hydroxylation sites is 1. The Labute approximate surface area is 151 Å². The number of benzene rings is 1. The van der Waals surface area contributed by atoms with E-state index in [4.69, 9.17) is 18.4 Å². The van der Waals surface area contributed by atoms with E-state index < -0.39 is 0 Å². The van der Waals surface area contributed by atoms with Gasteiger partial charge in [0.25, 0.3) is 5.89 Å². The summed E-state index contributed by atoms with van der Waals surface area (Å²) in [7, 11) is 0. The molecule has 0 bridgehead atoms. The molecule has 1 atom stereocenters. The van der Waals surface area contributed by atoms with Crippen LogP contribution < -0.4 is 4.74 Å². The average Bonchev–Trinajstić information content (AvgIpc) is 3.29. The van der Waals surface area contributed by atoms with Crippen LogP contribution in [0, 0.1) is 13.8 Å². The summed E-state index contributed by atoms with van der Waals surface area (Å²) >= 11 is 0. The second kappa shape index (κ2) is 7.29. The van der Waals surface area contributed by atoms with E-state index in [1.807, 2.05) is 38.1 Å². The summed E-state index contributed by atoms with van der Waals surface area (Å²) in [6.45, 7) is 5.58. The van der Waals surface area contributed by atoms with Crippen LogP contribution in [0.3, 0.4) is 0 Å². The van der Waals surface area contributed by atoms with Crippen molar-refractivity contribution in [2.24, 2.45) is 0 Å². The number of aromatic nitrogens is 3. The molecule has 26 heavy (non-hydrogen) atoms. The molecule has 0 spiro atoms. The molecule has 3 heterocycles. The molecule has 1 aromatic carbocycles. The fourth-order valence-corrected chi connectivity index (χ4v) is 3.07. The summed E-state index contributed by atoms with van der Waals surface area (Å²) in [5.74, 6) is 2.69. The second-order valence-electron chi connectivity index (χ2n) is 6.45. The topological polar surface area (TPSA) is 83.4 Å². The van der Waals surface area contributed by atoms with Gasteiger partial charge in [0, 0.05) is 6.61 Å². The number of rotatable bonds is 5. The summed E-state index contributed by atoms with van der Waals surface area (Å²) in [6, 6.07) is 7.64. The number of ether oxygens (including phenoxy) is 2. The van der Waals surface area contributed by atoms with Crippen molar-refractivity contribution in [2.45, 2.75) is 39.2 Å². The second-order valence-corrected chi connectivity index (χ2v) is 6.45. The number of hydrogen-bond donors (Lipinski definition) is 0. The summed E-state index contributed by atoms with van der Waals surface area (Å²) in [5.41, 5.74) is 2.55. The van der Waals surface area contributed by atoms with E-state index in [1.54, 1.807) is 0 Å². The first-order chi connectivity index (χ1) is 12.7. The lowest BCUT2D eigenvalue weighted by molar-refractivity contribution is 0.0727. The third-order valence-corrected chi connectivity index (χ3v) is 4.62. The average molecular weight is 355 g/mol. The quantitative estimate of drug-likeness (QED) is 0.688. The normalized spacial score (nSPS) is 17.4. The van der Waals surface area contributed by atoms with Crippen molar-refractivity contribution in [2.75, 3.05) is 13.2 Å². The zero-order valence-electron chi connectivity index (χ0n) is 14.9. The van der Waals surface area contributed by atoms with Gasteiger partial charge in [-0.25, -0.2) is 0 Å². The first-order valence-electron chi connectivity index (χ1n) is 8.77. The van der Waals surface area contributed by atoms with Gasteiger partial charge < -0.3 is 18.4 Å². The maximum atomic E-state index is 6.00. The molecule has 4 rings (SSSR count). The predicted octanol–water partition coefficient (Wildman–Crippen LogP) is 3.81. The zero-order valence-corrected chi connectivity index (χ0v) is 14.9. The van der Waals surface area contributed by atoms with Crippen LogP contribution in [0.1, 0.15) is 41.7 Å². The minimum Gasteiger partial charge on any atom is -0.488 e. The van der Waals surface area contributed by atoms with Gasteiger partial charge in [0.05, 0.1) is 29.3 Å². The first-order valence-corrected chi connectivity index (χ1v) is 8.77. The van der Waals surface area contributed by atoms with Crippen molar-refractivity contribution in [3.8, 4) is 17.2 Å². The molecule has 3 aromatic rings. The molecule has 1 unspecified atom stereocenters. The van der Waals surface area contributed by atoms with Crippen LogP contribution in [-0.2, 0) is 11.3 Å². The van der Waals surface area contributed by atoms with E-state index in [-0.39, 0.29) is 5.92 Å². The van der Waals surface area contributed by atoms with Gasteiger partial charge in [0.15, 0.2) is 0 Å². The Balaban J connectivity index is 1.55. The summed E-state index contributed by atoms with van der Waals surface area (Å²) in [6.07, 6.45) is 2.02. The fraction of sp³-hybridized carbons (Fsp3) is 0.421. The van der Waals surface area contributed by atoms with Crippen LogP contribution in [0.5, 0.6) is 5.75 Å². The van der Waals surface area contributed by atoms with E-state index in [0.29, 0.717) is 30.7 Å². The lowest BCUT2D eigenvalue weighted by atomic mass is 10.0. The van der Waals surface area contributed by atoms with Crippen LogP contribution in [0.4, 0.5) is 0 Å². The van der Waals surface area contributed by atoms with Gasteiger partial charge in [-0.2, -0.15) is 0 Å². The van der Waals surface area contributed by atoms with Crippen molar-refractivity contribution in [3.05, 3.63) is 47.2 Å². The maximum Gasteiger partial charge on any atom is 0.251 e. The van der Waals surface area contributed by atoms with Crippen LogP contribution in [0.2, 0.25) is 0 Å². The third kappa shape index (κ3) is 3.35. The van der Waals surface area contributed by atoms with Crippen molar-refractivity contribution in [3.63, 3.8) is 0 Å². The van der Waals surface area contributed by atoms with Crippen LogP contribution in [0.25, 0.3) is 11.5 Å². The lowest BCUT2D eigenvalue weighted by Crippen LogP contribution is -2.15. The Morgan fingerprint density at radius 3 is 2.85 bits per heavy atom. The lowest BCUT2D eigenvalue weighted by Gasteiger charge is -2.18. The highest BCUT2D eigenvalue weighted by molar-refractivity contribution is 5.62. The van der Waals surface area contributed by atoms with E-state index >= 15 is 0 Å². The zero-order chi connectivity index (χ0) is 17.9. The number of aryl methyl sites for hydroxylation is 2. The summed E-state index contributed by atoms with van der Waals surface area (Å²) in [5, 5.41) is 12.4. The summed E-state index contributed by atoms with van der Waals surface area (Å²) < 4.78 is 22.6. The van der Waals surface area contributed by atoms with Gasteiger partial charge >= 0.3 is 0 Å². The molecule has 1 aliphatic rings. The molecule has 1 saturated heterocycles. The standard InChI is InChI=1S/C19H21N3O4/c1-12-16(13(2)26-22-12)11-24-17-8-4-3-7-15(17)19-21-20-18(25-19)14-6-5-9-23-10-14/h3-4,7-8,14H,5-6,9-11H2,1-2H3. The number of nitrogens with zero attached hydrogens (tertiary/aromatic N) is 3.